The van der Waals surface area contributed by atoms with Crippen LogP contribution >= 0.6 is 22.9 Å². The predicted molar refractivity (Wildman–Crippen MR) is 180 cm³/mol. The molecule has 7 rings (SSSR count). The molecule has 15 heteroatoms. The number of ether oxygens (including phenoxy) is 3. The van der Waals surface area contributed by atoms with Gasteiger partial charge in [0.05, 0.1) is 38.9 Å². The van der Waals surface area contributed by atoms with Crippen molar-refractivity contribution in [2.45, 2.75) is 49.5 Å². The van der Waals surface area contributed by atoms with E-state index in [2.05, 4.69) is 21.4 Å². The summed E-state index contributed by atoms with van der Waals surface area (Å²) >= 11 is 7.67. The standard InChI is InChI=1S/C34H32ClF3N6O4S/c1-3-25(45)44-10-7-24(23(44)15-46-2)48-32-19-11-21(35)27(18-5-6-22(37)30-26(18)20(13-39)31(40)49-30)28(38)29(19)41-33(42-32)47-16-34-8-4-9-43(34)14-17(36)12-34/h3,5-6,11,17,23-24H,1,4,7-10,12,14-16,40H2,2H3. The van der Waals surface area contributed by atoms with Gasteiger partial charge in [0, 0.05) is 44.0 Å². The maximum Gasteiger partial charge on any atom is 0.320 e. The number of carbonyl (C=O) groups excluding carboxylic acids is 1. The van der Waals surface area contributed by atoms with Crippen molar-refractivity contribution in [1.82, 2.24) is 19.8 Å². The molecule has 3 saturated heterocycles. The molecule has 3 aliphatic rings. The highest BCUT2D eigenvalue weighted by Crippen LogP contribution is 2.46. The molecule has 2 aromatic heterocycles. The number of carbonyl (C=O) groups is 1. The SMILES string of the molecule is C=CC(=O)N1CCC(Oc2nc(OCC34CCCN3CC(F)C4)nc3c(F)c(-c4ccc(F)c5sc(N)c(C#N)c45)c(Cl)cc23)C1COC. The number of benzene rings is 2. The number of hydrogen-bond donors (Lipinski definition) is 1. The number of anilines is 1. The van der Waals surface area contributed by atoms with E-state index in [-0.39, 0.29) is 78.7 Å². The van der Waals surface area contributed by atoms with Gasteiger partial charge in [-0.2, -0.15) is 15.2 Å². The monoisotopic (exact) mass is 712 g/mol. The smallest absolute Gasteiger partial charge is 0.320 e. The van der Waals surface area contributed by atoms with Crippen molar-refractivity contribution >= 4 is 54.8 Å². The van der Waals surface area contributed by atoms with Gasteiger partial charge >= 0.3 is 6.01 Å². The summed E-state index contributed by atoms with van der Waals surface area (Å²) in [6, 6.07) is 5.25. The molecule has 5 heterocycles. The first-order valence-corrected chi connectivity index (χ1v) is 17.0. The van der Waals surface area contributed by atoms with Crippen LogP contribution in [0.25, 0.3) is 32.1 Å². The topological polar surface area (TPSA) is 127 Å². The Labute approximate surface area is 288 Å². The highest BCUT2D eigenvalue weighted by Gasteiger charge is 2.49. The van der Waals surface area contributed by atoms with Crippen LogP contribution in [-0.4, -0.2) is 89.5 Å². The normalized spacial score (nSPS) is 23.7. The first-order valence-electron chi connectivity index (χ1n) is 15.8. The van der Waals surface area contributed by atoms with Gasteiger partial charge in [0.2, 0.25) is 11.8 Å². The van der Waals surface area contributed by atoms with Crippen LogP contribution in [0, 0.1) is 23.0 Å². The van der Waals surface area contributed by atoms with Crippen LogP contribution < -0.4 is 15.2 Å². The fourth-order valence-corrected chi connectivity index (χ4v) is 8.81. The number of fused-ring (bicyclic) bond motifs is 3. The van der Waals surface area contributed by atoms with E-state index in [1.165, 1.54) is 25.3 Å². The average Bonchev–Trinajstić information content (AvgIpc) is 3.82. The molecule has 4 unspecified atom stereocenters. The summed E-state index contributed by atoms with van der Waals surface area (Å²) in [5, 5.41) is 10.1. The van der Waals surface area contributed by atoms with E-state index in [9.17, 15) is 18.8 Å². The van der Waals surface area contributed by atoms with Crippen molar-refractivity contribution in [3.05, 3.63) is 53.1 Å². The molecular formula is C34H32ClF3N6O4S. The Kier molecular flexibility index (Phi) is 8.81. The minimum atomic E-state index is -0.985. The van der Waals surface area contributed by atoms with Crippen LogP contribution in [-0.2, 0) is 9.53 Å². The van der Waals surface area contributed by atoms with Crippen molar-refractivity contribution < 1.29 is 32.2 Å². The van der Waals surface area contributed by atoms with Crippen molar-refractivity contribution in [2.24, 2.45) is 0 Å². The molecule has 49 heavy (non-hydrogen) atoms. The number of rotatable bonds is 9. The molecule has 3 fully saturated rings. The van der Waals surface area contributed by atoms with E-state index < -0.39 is 35.5 Å². The van der Waals surface area contributed by atoms with Crippen molar-refractivity contribution in [2.75, 3.05) is 45.7 Å². The van der Waals surface area contributed by atoms with Crippen LogP contribution in [0.1, 0.15) is 31.2 Å². The maximum atomic E-state index is 16.9. The number of nitrogens with zero attached hydrogens (tertiary/aromatic N) is 5. The predicted octanol–water partition coefficient (Wildman–Crippen LogP) is 6.03. The quantitative estimate of drug-likeness (QED) is 0.207. The third-order valence-electron chi connectivity index (χ3n) is 9.80. The zero-order valence-electron chi connectivity index (χ0n) is 26.5. The van der Waals surface area contributed by atoms with Gasteiger partial charge < -0.3 is 24.8 Å². The van der Waals surface area contributed by atoms with Crippen molar-refractivity contribution in [3.8, 4) is 29.1 Å². The highest BCUT2D eigenvalue weighted by molar-refractivity contribution is 7.23. The molecule has 4 aromatic rings. The lowest BCUT2D eigenvalue weighted by atomic mass is 9.95. The minimum absolute atomic E-state index is 0.00736. The second-order valence-electron chi connectivity index (χ2n) is 12.6. The zero-order chi connectivity index (χ0) is 34.6. The van der Waals surface area contributed by atoms with E-state index in [1.54, 1.807) is 4.90 Å². The summed E-state index contributed by atoms with van der Waals surface area (Å²) in [5.74, 6) is -1.82. The lowest BCUT2D eigenvalue weighted by Crippen LogP contribution is -2.44. The molecule has 1 amide bonds. The van der Waals surface area contributed by atoms with Crippen molar-refractivity contribution in [1.29, 1.82) is 5.26 Å². The van der Waals surface area contributed by atoms with Gasteiger partial charge in [-0.3, -0.25) is 9.69 Å². The highest BCUT2D eigenvalue weighted by atomic mass is 35.5. The van der Waals surface area contributed by atoms with Gasteiger partial charge in [-0.05, 0) is 43.2 Å². The number of aromatic nitrogens is 2. The van der Waals surface area contributed by atoms with Gasteiger partial charge in [-0.1, -0.05) is 24.2 Å². The molecule has 0 bridgehead atoms. The lowest BCUT2D eigenvalue weighted by Gasteiger charge is -2.31. The number of halogens is 4. The Morgan fingerprint density at radius 1 is 1.33 bits per heavy atom. The average molecular weight is 713 g/mol. The molecule has 2 N–H and O–H groups in total. The third kappa shape index (κ3) is 5.62. The first kappa shape index (κ1) is 33.3. The Bertz CT molecular complexity index is 2040. The second kappa shape index (κ2) is 12.9. The van der Waals surface area contributed by atoms with Crippen LogP contribution in [0.3, 0.4) is 0 Å². The molecule has 4 atom stereocenters. The van der Waals surface area contributed by atoms with E-state index >= 15 is 4.39 Å². The second-order valence-corrected chi connectivity index (χ2v) is 14.0. The summed E-state index contributed by atoms with van der Waals surface area (Å²) in [5.41, 5.74) is 5.36. The zero-order valence-corrected chi connectivity index (χ0v) is 28.1. The summed E-state index contributed by atoms with van der Waals surface area (Å²) in [4.78, 5) is 25.3. The number of nitriles is 1. The Balaban J connectivity index is 1.36. The van der Waals surface area contributed by atoms with Gasteiger partial charge in [-0.15, -0.1) is 11.3 Å². The van der Waals surface area contributed by atoms with Crippen LogP contribution in [0.4, 0.5) is 18.2 Å². The van der Waals surface area contributed by atoms with E-state index in [0.717, 1.165) is 36.8 Å². The van der Waals surface area contributed by atoms with Crippen molar-refractivity contribution in [3.63, 3.8) is 0 Å². The molecule has 10 nitrogen and oxygen atoms in total. The number of methoxy groups -OCH3 is 1. The fourth-order valence-electron chi connectivity index (χ4n) is 7.57. The fraction of sp³-hybridized carbons (Fsp3) is 0.412. The molecule has 256 valence electrons. The number of nitrogens with two attached hydrogens (primary N) is 1. The summed E-state index contributed by atoms with van der Waals surface area (Å²) in [6.07, 6.45) is 1.98. The number of nitrogen functional groups attached to an aromatic ring is 1. The van der Waals surface area contributed by atoms with E-state index in [0.29, 0.717) is 25.9 Å². The Hall–Kier alpha value is -4.16. The maximum absolute atomic E-state index is 16.9. The number of alkyl halides is 1. The molecule has 0 aliphatic carbocycles. The molecule has 3 aliphatic heterocycles. The van der Waals surface area contributed by atoms with Gasteiger partial charge in [-0.25, -0.2) is 13.2 Å². The number of thiophene rings is 1. The van der Waals surface area contributed by atoms with Crippen LogP contribution in [0.2, 0.25) is 5.02 Å². The number of amides is 1. The van der Waals surface area contributed by atoms with Crippen LogP contribution in [0.5, 0.6) is 11.9 Å². The Morgan fingerprint density at radius 2 is 2.14 bits per heavy atom. The molecular weight excluding hydrogens is 681 g/mol. The van der Waals surface area contributed by atoms with Gasteiger partial charge in [0.15, 0.2) is 5.82 Å². The Morgan fingerprint density at radius 3 is 2.90 bits per heavy atom. The molecule has 0 radical (unpaired) electrons. The number of hydrogen-bond acceptors (Lipinski definition) is 10. The minimum Gasteiger partial charge on any atom is -0.471 e. The lowest BCUT2D eigenvalue weighted by molar-refractivity contribution is -0.128. The van der Waals surface area contributed by atoms with Gasteiger partial charge in [0.1, 0.15) is 41.3 Å². The third-order valence-corrected chi connectivity index (χ3v) is 11.1. The molecule has 0 saturated carbocycles. The van der Waals surface area contributed by atoms with Gasteiger partial charge in [0.25, 0.3) is 0 Å². The summed E-state index contributed by atoms with van der Waals surface area (Å²) < 4.78 is 64.4. The number of likely N-dealkylation sites (tertiary alicyclic amines) is 1. The molecule has 2 aromatic carbocycles. The van der Waals surface area contributed by atoms with Crippen LogP contribution in [0.15, 0.2) is 30.9 Å². The van der Waals surface area contributed by atoms with E-state index in [1.807, 2.05) is 6.07 Å². The van der Waals surface area contributed by atoms with E-state index in [4.69, 9.17) is 31.5 Å². The largest absolute Gasteiger partial charge is 0.471 e. The summed E-state index contributed by atoms with van der Waals surface area (Å²) in [6.45, 7) is 5.26. The summed E-state index contributed by atoms with van der Waals surface area (Å²) in [7, 11) is 1.51. The first-order chi connectivity index (χ1) is 23.6. The molecule has 0 spiro atoms.